The molecule has 12 nitrogen and oxygen atoms in total. The topological polar surface area (TPSA) is 159 Å². The monoisotopic (exact) mass is 848 g/mol. The molecule has 0 spiro atoms. The van der Waals surface area contributed by atoms with Crippen LogP contribution in [0.15, 0.2) is 125 Å². The number of non-ortho nitro benzene ring substituents is 1. The van der Waals surface area contributed by atoms with Crippen LogP contribution in [0.2, 0.25) is 0 Å². The average molecular weight is 849 g/mol. The van der Waals surface area contributed by atoms with Crippen molar-refractivity contribution in [2.24, 2.45) is 22.9 Å². The highest BCUT2D eigenvalue weighted by Gasteiger charge is 2.64. The van der Waals surface area contributed by atoms with Crippen molar-refractivity contribution in [3.63, 3.8) is 0 Å². The van der Waals surface area contributed by atoms with Gasteiger partial charge in [-0.1, -0.05) is 48.3 Å². The quantitative estimate of drug-likeness (QED) is 0.0270. The summed E-state index contributed by atoms with van der Waals surface area (Å²) in [4.78, 5) is 29.9. The number of aliphatic hydroxyl groups is 2. The highest BCUT2D eigenvalue weighted by Crippen LogP contribution is 2.63. The highest BCUT2D eigenvalue weighted by molar-refractivity contribution is 8.00. The molecule has 4 aromatic rings. The lowest BCUT2D eigenvalue weighted by molar-refractivity contribution is -0.384. The van der Waals surface area contributed by atoms with Gasteiger partial charge in [-0.25, -0.2) is 0 Å². The van der Waals surface area contributed by atoms with Crippen molar-refractivity contribution in [1.29, 1.82) is 0 Å². The van der Waals surface area contributed by atoms with Crippen molar-refractivity contribution in [2.45, 2.75) is 73.4 Å². The van der Waals surface area contributed by atoms with Gasteiger partial charge in [-0.05, 0) is 109 Å². The van der Waals surface area contributed by atoms with Crippen LogP contribution < -0.4 is 14.2 Å². The first kappa shape index (κ1) is 43.6. The number of hydrogen-bond acceptors (Lipinski definition) is 12. The van der Waals surface area contributed by atoms with Crippen molar-refractivity contribution >= 4 is 29.4 Å². The lowest BCUT2D eigenvalue weighted by Gasteiger charge is -2.58. The smallest absolute Gasteiger partial charge is 0.269 e. The molecule has 1 saturated carbocycles. The number of hydrogen-bond donors (Lipinski definition) is 2. The summed E-state index contributed by atoms with van der Waals surface area (Å²) in [5, 5.41) is 35.7. The van der Waals surface area contributed by atoms with Gasteiger partial charge in [-0.3, -0.25) is 14.9 Å². The number of ether oxygens (including phenoxy) is 4. The lowest BCUT2D eigenvalue weighted by atomic mass is 9.56. The fourth-order valence-electron chi connectivity index (χ4n) is 9.05. The number of aldehydes is 1. The summed E-state index contributed by atoms with van der Waals surface area (Å²) in [5.41, 5.74) is 3.80. The largest absolute Gasteiger partial charge is 0.496 e. The number of carbonyl (C=O) groups is 1. The van der Waals surface area contributed by atoms with E-state index in [2.05, 4.69) is 24.8 Å². The highest BCUT2D eigenvalue weighted by atomic mass is 32.2. The van der Waals surface area contributed by atoms with E-state index in [4.69, 9.17) is 28.9 Å². The molecule has 0 aromatic heterocycles. The molecule has 1 fully saturated rings. The summed E-state index contributed by atoms with van der Waals surface area (Å²) >= 11 is 1.67. The molecule has 13 heteroatoms. The molecule has 0 radical (unpaired) electrons. The number of rotatable bonds is 21. The molecule has 7 rings (SSSR count). The van der Waals surface area contributed by atoms with Crippen LogP contribution in [0.25, 0.3) is 0 Å². The second-order valence-electron chi connectivity index (χ2n) is 15.5. The number of thioether (sulfide) groups is 1. The zero-order valence-electron chi connectivity index (χ0n) is 34.2. The maximum atomic E-state index is 11.9. The van der Waals surface area contributed by atoms with Crippen molar-refractivity contribution in [3.05, 3.63) is 142 Å². The number of nitro benzene ring substituents is 1. The normalized spacial score (nSPS) is 23.2. The van der Waals surface area contributed by atoms with Crippen LogP contribution in [-0.2, 0) is 16.2 Å². The number of nitro groups is 1. The summed E-state index contributed by atoms with van der Waals surface area (Å²) < 4.78 is 26.2. The summed E-state index contributed by atoms with van der Waals surface area (Å²) in [5.74, 6) is 0.597. The molecule has 0 amide bonds. The number of nitrogens with zero attached hydrogens (tertiary/aromatic N) is 2. The summed E-state index contributed by atoms with van der Waals surface area (Å²) in [6.07, 6.45) is 9.84. The Bertz CT molecular complexity index is 2210. The second kappa shape index (κ2) is 20.4. The first-order valence-corrected chi connectivity index (χ1v) is 21.7. The zero-order chi connectivity index (χ0) is 42.8. The third-order valence-corrected chi connectivity index (χ3v) is 13.1. The molecule has 0 saturated heterocycles. The van der Waals surface area contributed by atoms with Gasteiger partial charge in [-0.15, -0.1) is 18.3 Å². The minimum Gasteiger partial charge on any atom is -0.496 e. The first-order valence-electron chi connectivity index (χ1n) is 20.8. The number of fused-ring (bicyclic) bond motifs is 2. The van der Waals surface area contributed by atoms with Crippen LogP contribution in [0, 0.1) is 27.9 Å². The van der Waals surface area contributed by atoms with Gasteiger partial charge in [0, 0.05) is 48.1 Å². The Morgan fingerprint density at radius 3 is 2.41 bits per heavy atom. The number of unbranched alkanes of at least 4 members (excludes halogenated alkanes) is 2. The summed E-state index contributed by atoms with van der Waals surface area (Å²) in [7, 11) is 1.52. The number of benzene rings is 4. The fraction of sp³-hybridized carbons (Fsp3) is 0.375. The van der Waals surface area contributed by atoms with Crippen molar-refractivity contribution in [2.75, 3.05) is 26.9 Å². The predicted octanol–water partition coefficient (Wildman–Crippen LogP) is 9.83. The number of carbonyl (C=O) groups excluding carboxylic acids is 1. The Hall–Kier alpha value is -5.47. The van der Waals surface area contributed by atoms with Crippen LogP contribution in [0.1, 0.15) is 72.3 Å². The maximum Gasteiger partial charge on any atom is 0.269 e. The average Bonchev–Trinajstić information content (AvgIpc) is 3.28. The molecule has 61 heavy (non-hydrogen) atoms. The fourth-order valence-corrected chi connectivity index (χ4v) is 10.4. The van der Waals surface area contributed by atoms with E-state index in [-0.39, 0.29) is 61.0 Å². The van der Waals surface area contributed by atoms with Crippen LogP contribution in [0.4, 0.5) is 5.69 Å². The SMILES string of the molecule is C=CCOC12Oc3ccc(Oc4ccc(OC)c(C=O)c4)cc3C3C(CCCCO)C(CCCCO)C=C(C(=NOCc4ccc([N+](=O)[O-])cc4)CC1Sc1ccccc1)C32. The Morgan fingerprint density at radius 1 is 0.967 bits per heavy atom. The minimum absolute atomic E-state index is 0.000905. The third kappa shape index (κ3) is 9.70. The minimum atomic E-state index is -1.18. The standard InChI is InChI=1S/C48H52N2O10S/c1-3-25-57-48-45(61-38-12-5-4-6-13-38)29-42(49-58-31-32-15-17-35(18-16-32)50(54)55)40-27-33(11-7-9-23-51)39(14-8-10-24-52)46(47(40)48)41-28-37(20-22-44(41)60-48)59-36-19-21-43(56-2)34(26-36)30-53/h3-6,12-13,15-22,26-28,30,33,39,45-47,51-52H,1,7-11,14,23-25,29,31H2,2H3. The van der Waals surface area contributed by atoms with Gasteiger partial charge in [0.05, 0.1) is 41.1 Å². The molecule has 0 bridgehead atoms. The van der Waals surface area contributed by atoms with Gasteiger partial charge in [0.15, 0.2) is 6.29 Å². The number of methoxy groups -OCH3 is 1. The maximum absolute atomic E-state index is 11.9. The summed E-state index contributed by atoms with van der Waals surface area (Å²) in [6.45, 7) is 4.55. The number of aliphatic hydroxyl groups excluding tert-OH is 2. The number of allylic oxidation sites excluding steroid dienone is 1. The van der Waals surface area contributed by atoms with Crippen LogP contribution in [0.5, 0.6) is 23.0 Å². The van der Waals surface area contributed by atoms with Crippen LogP contribution in [-0.4, -0.2) is 65.1 Å². The van der Waals surface area contributed by atoms with Crippen molar-refractivity contribution in [3.8, 4) is 23.0 Å². The van der Waals surface area contributed by atoms with Crippen molar-refractivity contribution < 1.29 is 43.7 Å². The van der Waals surface area contributed by atoms with Gasteiger partial charge >= 0.3 is 0 Å². The first-order chi connectivity index (χ1) is 29.8. The lowest BCUT2D eigenvalue weighted by Crippen LogP contribution is -2.64. The van der Waals surface area contributed by atoms with Gasteiger partial charge in [0.25, 0.3) is 5.69 Å². The van der Waals surface area contributed by atoms with Crippen molar-refractivity contribution in [1.82, 2.24) is 0 Å². The van der Waals surface area contributed by atoms with Gasteiger partial charge in [0.2, 0.25) is 5.79 Å². The molecule has 2 N–H and O–H groups in total. The molecular weight excluding hydrogens is 797 g/mol. The zero-order valence-corrected chi connectivity index (χ0v) is 35.0. The van der Waals surface area contributed by atoms with E-state index in [1.807, 2.05) is 36.4 Å². The van der Waals surface area contributed by atoms with E-state index in [0.717, 1.165) is 59.3 Å². The Kier molecular flexibility index (Phi) is 14.6. The molecule has 320 valence electrons. The molecular formula is C48H52N2O10S. The Morgan fingerprint density at radius 2 is 1.70 bits per heavy atom. The molecule has 3 aliphatic rings. The second-order valence-corrected chi connectivity index (χ2v) is 16.8. The Balaban J connectivity index is 1.38. The van der Waals surface area contributed by atoms with Crippen LogP contribution >= 0.6 is 11.8 Å². The molecule has 4 aromatic carbocycles. The number of oxime groups is 1. The van der Waals surface area contributed by atoms with E-state index in [9.17, 15) is 25.1 Å². The molecule has 6 atom stereocenters. The molecule has 1 aliphatic heterocycles. The predicted molar refractivity (Wildman–Crippen MR) is 234 cm³/mol. The van der Waals surface area contributed by atoms with E-state index < -0.39 is 10.7 Å². The molecule has 1 heterocycles. The van der Waals surface area contributed by atoms with E-state index >= 15 is 0 Å². The summed E-state index contributed by atoms with van der Waals surface area (Å²) in [6, 6.07) is 27.3. The van der Waals surface area contributed by atoms with E-state index in [0.29, 0.717) is 47.8 Å². The Labute approximate surface area is 360 Å². The van der Waals surface area contributed by atoms with E-state index in [1.165, 1.54) is 19.2 Å². The van der Waals surface area contributed by atoms with Gasteiger partial charge in [-0.2, -0.15) is 0 Å². The van der Waals surface area contributed by atoms with E-state index in [1.54, 1.807) is 48.2 Å². The molecule has 2 aliphatic carbocycles. The van der Waals surface area contributed by atoms with Gasteiger partial charge in [0.1, 0.15) is 29.6 Å². The molecule has 6 unspecified atom stereocenters. The third-order valence-electron chi connectivity index (χ3n) is 11.8. The van der Waals surface area contributed by atoms with Gasteiger partial charge < -0.3 is 34.0 Å². The van der Waals surface area contributed by atoms with Crippen LogP contribution in [0.3, 0.4) is 0 Å².